The summed E-state index contributed by atoms with van der Waals surface area (Å²) in [5.74, 6) is -1.61. The fourth-order valence-electron chi connectivity index (χ4n) is 0.971. The minimum absolute atomic E-state index is 0. The van der Waals surface area contributed by atoms with Gasteiger partial charge in [-0.2, -0.15) is 0 Å². The molecule has 0 spiro atoms. The number of carbonyl (C=O) groups is 1. The number of hydroxylamine groups is 2. The molecular weight excluding hydrogens is 331 g/mol. The second-order valence-electron chi connectivity index (χ2n) is 3.69. The molecule has 14 heteroatoms. The molecule has 0 amide bonds. The van der Waals surface area contributed by atoms with Crippen LogP contribution in [0, 0.1) is 0 Å². The SMILES string of the molecule is CCC(C(=O)OC(C)(P(=O)(O)O)P(=O)(O)O)N(O)O.[NaH]. The summed E-state index contributed by atoms with van der Waals surface area (Å²) in [4.78, 5) is 47.1. The monoisotopic (exact) mass is 347 g/mol. The second kappa shape index (κ2) is 7.77. The Kier molecular flexibility index (Phi) is 8.91. The van der Waals surface area contributed by atoms with Gasteiger partial charge in [-0.3, -0.25) is 24.3 Å². The first kappa shape index (κ1) is 22.9. The van der Waals surface area contributed by atoms with Crippen molar-refractivity contribution in [2.75, 3.05) is 0 Å². The van der Waals surface area contributed by atoms with Gasteiger partial charge in [-0.25, -0.2) is 0 Å². The maximum atomic E-state index is 11.5. The number of hydrogen-bond acceptors (Lipinski definition) is 7. The topological polar surface area (TPSA) is 185 Å². The van der Waals surface area contributed by atoms with E-state index in [-0.39, 0.29) is 36.0 Å². The summed E-state index contributed by atoms with van der Waals surface area (Å²) in [6.07, 6.45) is -0.246. The van der Waals surface area contributed by atoms with Crippen LogP contribution in [0.1, 0.15) is 20.3 Å². The number of hydrogen-bond donors (Lipinski definition) is 6. The average molecular weight is 347 g/mol. The standard InChI is InChI=1S/C6H15NO10P2.Na.H/c1-3-4(7(9)10)5(8)17-6(2,18(11,12)13)19(14,15)16;;/h4,9-10H,3H2,1-2H3,(H2,11,12,13)(H2,14,15,16);;. The molecule has 0 saturated heterocycles. The molecule has 116 valence electrons. The number of nitrogens with zero attached hydrogens (tertiary/aromatic N) is 1. The summed E-state index contributed by atoms with van der Waals surface area (Å²) in [6, 6.07) is -1.75. The average Bonchev–Trinajstić information content (AvgIpc) is 2.13. The Hall–Kier alpha value is 0.650. The zero-order valence-corrected chi connectivity index (χ0v) is 11.7. The van der Waals surface area contributed by atoms with Gasteiger partial charge in [-0.05, 0) is 13.3 Å². The Bertz CT molecular complexity index is 407. The fraction of sp³-hybridized carbons (Fsp3) is 0.833. The zero-order valence-electron chi connectivity index (χ0n) is 9.94. The predicted octanol–water partition coefficient (Wildman–Crippen LogP) is -1.23. The molecule has 20 heavy (non-hydrogen) atoms. The van der Waals surface area contributed by atoms with Crippen molar-refractivity contribution in [1.29, 1.82) is 0 Å². The molecule has 1 unspecified atom stereocenters. The van der Waals surface area contributed by atoms with Gasteiger partial charge in [0.25, 0.3) is 0 Å². The molecule has 0 bridgehead atoms. The van der Waals surface area contributed by atoms with Gasteiger partial charge in [0.15, 0.2) is 6.04 Å². The van der Waals surface area contributed by atoms with Crippen molar-refractivity contribution in [2.24, 2.45) is 0 Å². The molecule has 11 nitrogen and oxygen atoms in total. The molecule has 0 fully saturated rings. The molecule has 1 atom stereocenters. The third-order valence-electron chi connectivity index (χ3n) is 2.31. The molecule has 6 N–H and O–H groups in total. The molecule has 0 aromatic carbocycles. The van der Waals surface area contributed by atoms with E-state index in [1.165, 1.54) is 6.92 Å². The first-order valence-corrected chi connectivity index (χ1v) is 8.01. The van der Waals surface area contributed by atoms with Crippen molar-refractivity contribution in [1.82, 2.24) is 5.23 Å². The summed E-state index contributed by atoms with van der Waals surface area (Å²) in [6.45, 7) is 1.66. The van der Waals surface area contributed by atoms with Crippen LogP contribution < -0.4 is 0 Å². The van der Waals surface area contributed by atoms with Crippen LogP contribution in [0.25, 0.3) is 0 Å². The predicted molar refractivity (Wildman–Crippen MR) is 65.2 cm³/mol. The second-order valence-corrected chi connectivity index (χ2v) is 7.92. The van der Waals surface area contributed by atoms with Crippen molar-refractivity contribution in [3.63, 3.8) is 0 Å². The molecule has 0 rings (SSSR count). The van der Waals surface area contributed by atoms with E-state index in [2.05, 4.69) is 4.74 Å². The van der Waals surface area contributed by atoms with E-state index < -0.39 is 37.5 Å². The van der Waals surface area contributed by atoms with Crippen molar-refractivity contribution >= 4 is 50.7 Å². The van der Waals surface area contributed by atoms with E-state index in [0.29, 0.717) is 6.92 Å². The summed E-state index contributed by atoms with van der Waals surface area (Å²) in [5.41, 5.74) is 0. The fourth-order valence-corrected chi connectivity index (χ4v) is 2.75. The van der Waals surface area contributed by atoms with Gasteiger partial charge < -0.3 is 24.3 Å². The van der Waals surface area contributed by atoms with Gasteiger partial charge in [-0.1, -0.05) is 12.2 Å². The van der Waals surface area contributed by atoms with Crippen LogP contribution in [0.4, 0.5) is 0 Å². The minimum atomic E-state index is -5.53. The molecule has 0 aliphatic heterocycles. The van der Waals surface area contributed by atoms with Gasteiger partial charge >= 0.3 is 55.8 Å². The van der Waals surface area contributed by atoms with Crippen LogP contribution in [0.3, 0.4) is 0 Å². The quantitative estimate of drug-likeness (QED) is 0.146. The number of carbonyl (C=O) groups excluding carboxylic acids is 1. The Balaban J connectivity index is 0. The molecule has 0 aliphatic rings. The summed E-state index contributed by atoms with van der Waals surface area (Å²) < 4.78 is 26.4. The van der Waals surface area contributed by atoms with Crippen molar-refractivity contribution in [2.45, 2.75) is 31.4 Å². The normalized spacial score (nSPS) is 14.7. The molecule has 0 aromatic rings. The Morgan fingerprint density at radius 1 is 1.20 bits per heavy atom. The van der Waals surface area contributed by atoms with E-state index in [0.717, 1.165) is 0 Å². The van der Waals surface area contributed by atoms with Crippen LogP contribution in [-0.4, -0.2) is 81.9 Å². The van der Waals surface area contributed by atoms with E-state index in [1.807, 2.05) is 0 Å². The van der Waals surface area contributed by atoms with E-state index in [4.69, 9.17) is 30.0 Å². The van der Waals surface area contributed by atoms with Crippen LogP contribution >= 0.6 is 15.2 Å². The third-order valence-corrected chi connectivity index (χ3v) is 6.22. The Morgan fingerprint density at radius 2 is 1.55 bits per heavy atom. The van der Waals surface area contributed by atoms with Crippen LogP contribution in [-0.2, 0) is 18.7 Å². The Morgan fingerprint density at radius 3 is 1.75 bits per heavy atom. The van der Waals surface area contributed by atoms with Crippen molar-refractivity contribution < 1.29 is 48.6 Å². The number of esters is 1. The summed E-state index contributed by atoms with van der Waals surface area (Å²) >= 11 is 0. The van der Waals surface area contributed by atoms with E-state index >= 15 is 0 Å². The molecule has 0 heterocycles. The van der Waals surface area contributed by atoms with Gasteiger partial charge in [-0.15, -0.1) is 0 Å². The molecule has 0 aliphatic carbocycles. The first-order valence-electron chi connectivity index (χ1n) is 4.79. The van der Waals surface area contributed by atoms with Crippen LogP contribution in [0.2, 0.25) is 0 Å². The van der Waals surface area contributed by atoms with Gasteiger partial charge in [0.05, 0.1) is 0 Å². The molecular formula is C6H16NNaO10P2. The van der Waals surface area contributed by atoms with Crippen molar-refractivity contribution in [3.8, 4) is 0 Å². The first-order chi connectivity index (χ1) is 8.28. The molecule has 0 aromatic heterocycles. The van der Waals surface area contributed by atoms with E-state index in [1.54, 1.807) is 0 Å². The maximum absolute atomic E-state index is 11.5. The van der Waals surface area contributed by atoms with Crippen molar-refractivity contribution in [3.05, 3.63) is 0 Å². The number of ether oxygens (including phenoxy) is 1. The van der Waals surface area contributed by atoms with Gasteiger partial charge in [0.2, 0.25) is 0 Å². The van der Waals surface area contributed by atoms with Gasteiger partial charge in [0, 0.05) is 0 Å². The van der Waals surface area contributed by atoms with E-state index in [9.17, 15) is 13.9 Å². The summed E-state index contributed by atoms with van der Waals surface area (Å²) in [5, 5.41) is 13.4. The number of rotatable bonds is 6. The molecule has 0 radical (unpaired) electrons. The molecule has 0 saturated carbocycles. The summed E-state index contributed by atoms with van der Waals surface area (Å²) in [7, 11) is -11.1. The van der Waals surface area contributed by atoms with Gasteiger partial charge in [0.1, 0.15) is 0 Å². The van der Waals surface area contributed by atoms with Crippen LogP contribution in [0.15, 0.2) is 0 Å². The zero-order chi connectivity index (χ0) is 15.6. The Labute approximate surface area is 136 Å². The third kappa shape index (κ3) is 5.13. The van der Waals surface area contributed by atoms with Crippen LogP contribution in [0.5, 0.6) is 0 Å².